The third-order valence-corrected chi connectivity index (χ3v) is 3.00. The van der Waals surface area contributed by atoms with E-state index in [1.807, 2.05) is 12.1 Å². The summed E-state index contributed by atoms with van der Waals surface area (Å²) in [5.74, 6) is -0.168. The van der Waals surface area contributed by atoms with E-state index in [4.69, 9.17) is 16.7 Å². The van der Waals surface area contributed by atoms with Gasteiger partial charge in [0.25, 0.3) is 5.91 Å². The fourth-order valence-corrected chi connectivity index (χ4v) is 1.94. The quantitative estimate of drug-likeness (QED) is 0.922. The molecule has 0 atom stereocenters. The van der Waals surface area contributed by atoms with Crippen LogP contribution in [-0.2, 0) is 0 Å². The second-order valence-electron chi connectivity index (χ2n) is 3.99. The summed E-state index contributed by atoms with van der Waals surface area (Å²) in [6, 6.07) is 7.19. The Bertz CT molecular complexity index is 586. The number of halogens is 1. The summed E-state index contributed by atoms with van der Waals surface area (Å²) >= 11 is 6.01. The Hall–Kier alpha value is -1.65. The topological polar surface area (TPSA) is 53.4 Å². The Morgan fingerprint density at radius 1 is 1.50 bits per heavy atom. The van der Waals surface area contributed by atoms with Crippen molar-refractivity contribution in [2.45, 2.75) is 0 Å². The zero-order valence-electron chi connectivity index (χ0n) is 9.93. The van der Waals surface area contributed by atoms with E-state index in [-0.39, 0.29) is 12.5 Å². The Balaban J connectivity index is 2.39. The van der Waals surface area contributed by atoms with Crippen molar-refractivity contribution in [1.82, 2.24) is 9.88 Å². The normalized spacial score (nSPS) is 10.6. The van der Waals surface area contributed by atoms with Crippen LogP contribution in [0.3, 0.4) is 0 Å². The van der Waals surface area contributed by atoms with Crippen molar-refractivity contribution in [2.24, 2.45) is 0 Å². The minimum atomic E-state index is -0.168. The Morgan fingerprint density at radius 2 is 2.28 bits per heavy atom. The van der Waals surface area contributed by atoms with Gasteiger partial charge in [0.05, 0.1) is 22.7 Å². The van der Waals surface area contributed by atoms with E-state index in [2.05, 4.69) is 4.98 Å². The molecule has 5 heteroatoms. The van der Waals surface area contributed by atoms with Crippen LogP contribution in [0.1, 0.15) is 10.4 Å². The van der Waals surface area contributed by atoms with Crippen LogP contribution >= 0.6 is 11.6 Å². The minimum absolute atomic E-state index is 0.0604. The molecule has 2 aromatic rings. The number of carbonyl (C=O) groups excluding carboxylic acids is 1. The first-order chi connectivity index (χ1) is 8.63. The number of carbonyl (C=O) groups is 1. The highest BCUT2D eigenvalue weighted by atomic mass is 35.5. The SMILES string of the molecule is CN(CCO)C(=O)c1cnc2c(Cl)cccc2c1. The lowest BCUT2D eigenvalue weighted by Crippen LogP contribution is -2.29. The molecule has 94 valence electrons. The third kappa shape index (κ3) is 2.44. The van der Waals surface area contributed by atoms with Gasteiger partial charge in [-0.2, -0.15) is 0 Å². The van der Waals surface area contributed by atoms with E-state index in [1.165, 1.54) is 11.1 Å². The molecule has 0 fully saturated rings. The molecular formula is C13H13ClN2O2. The molecule has 2 rings (SSSR count). The number of fused-ring (bicyclic) bond motifs is 1. The summed E-state index contributed by atoms with van der Waals surface area (Å²) in [5.41, 5.74) is 1.17. The number of benzene rings is 1. The molecule has 1 N–H and O–H groups in total. The number of rotatable bonds is 3. The van der Waals surface area contributed by atoms with Crippen LogP contribution in [0.2, 0.25) is 5.02 Å². The maximum Gasteiger partial charge on any atom is 0.255 e. The molecule has 1 aromatic heterocycles. The molecule has 0 aliphatic heterocycles. The van der Waals surface area contributed by atoms with Crippen LogP contribution in [0.15, 0.2) is 30.5 Å². The van der Waals surface area contributed by atoms with Gasteiger partial charge in [0.1, 0.15) is 0 Å². The predicted molar refractivity (Wildman–Crippen MR) is 70.8 cm³/mol. The molecule has 1 heterocycles. The molecule has 0 unspecified atom stereocenters. The third-order valence-electron chi connectivity index (χ3n) is 2.69. The first-order valence-electron chi connectivity index (χ1n) is 5.54. The van der Waals surface area contributed by atoms with Crippen LogP contribution < -0.4 is 0 Å². The molecule has 1 aromatic carbocycles. The number of amides is 1. The summed E-state index contributed by atoms with van der Waals surface area (Å²) in [5, 5.41) is 10.2. The highest BCUT2D eigenvalue weighted by molar-refractivity contribution is 6.35. The van der Waals surface area contributed by atoms with E-state index in [0.717, 1.165) is 5.39 Å². The van der Waals surface area contributed by atoms with Gasteiger partial charge in [-0.1, -0.05) is 23.7 Å². The lowest BCUT2D eigenvalue weighted by molar-refractivity contribution is 0.0767. The maximum absolute atomic E-state index is 12.0. The second-order valence-corrected chi connectivity index (χ2v) is 4.39. The average molecular weight is 265 g/mol. The fourth-order valence-electron chi connectivity index (χ4n) is 1.71. The highest BCUT2D eigenvalue weighted by Crippen LogP contribution is 2.22. The molecular weight excluding hydrogens is 252 g/mol. The first-order valence-corrected chi connectivity index (χ1v) is 5.92. The van der Waals surface area contributed by atoms with Gasteiger partial charge in [0.2, 0.25) is 0 Å². The van der Waals surface area contributed by atoms with Gasteiger partial charge in [-0.25, -0.2) is 0 Å². The summed E-state index contributed by atoms with van der Waals surface area (Å²) in [6.07, 6.45) is 1.50. The molecule has 0 aliphatic carbocycles. The van der Waals surface area contributed by atoms with Crippen LogP contribution in [0.25, 0.3) is 10.9 Å². The largest absolute Gasteiger partial charge is 0.395 e. The van der Waals surface area contributed by atoms with Crippen molar-refractivity contribution >= 4 is 28.4 Å². The average Bonchev–Trinajstić information content (AvgIpc) is 2.38. The molecule has 0 spiro atoms. The monoisotopic (exact) mass is 264 g/mol. The highest BCUT2D eigenvalue weighted by Gasteiger charge is 2.12. The Morgan fingerprint density at radius 3 is 3.00 bits per heavy atom. The number of hydrogen-bond acceptors (Lipinski definition) is 3. The number of likely N-dealkylation sites (N-methyl/N-ethyl adjacent to an activating group) is 1. The van der Waals surface area contributed by atoms with Crippen LogP contribution in [-0.4, -0.2) is 41.1 Å². The summed E-state index contributed by atoms with van der Waals surface area (Å²) in [6.45, 7) is 0.238. The van der Waals surface area contributed by atoms with E-state index >= 15 is 0 Å². The van der Waals surface area contributed by atoms with Gasteiger partial charge in [-0.05, 0) is 12.1 Å². The molecule has 1 amide bonds. The van der Waals surface area contributed by atoms with Gasteiger partial charge >= 0.3 is 0 Å². The van der Waals surface area contributed by atoms with E-state index in [0.29, 0.717) is 22.6 Å². The first kappa shape index (κ1) is 12.8. The zero-order chi connectivity index (χ0) is 13.1. The number of aromatic nitrogens is 1. The van der Waals surface area contributed by atoms with Crippen molar-refractivity contribution in [1.29, 1.82) is 0 Å². The van der Waals surface area contributed by atoms with Crippen molar-refractivity contribution in [3.63, 3.8) is 0 Å². The lowest BCUT2D eigenvalue weighted by atomic mass is 10.1. The van der Waals surface area contributed by atoms with Crippen molar-refractivity contribution in [3.8, 4) is 0 Å². The zero-order valence-corrected chi connectivity index (χ0v) is 10.7. The summed E-state index contributed by atoms with van der Waals surface area (Å²) in [4.78, 5) is 17.7. The van der Waals surface area contributed by atoms with Gasteiger partial charge in [-0.3, -0.25) is 9.78 Å². The van der Waals surface area contributed by atoms with Gasteiger partial charge in [0.15, 0.2) is 0 Å². The van der Waals surface area contributed by atoms with Gasteiger partial charge in [-0.15, -0.1) is 0 Å². The number of aliphatic hydroxyl groups is 1. The van der Waals surface area contributed by atoms with Crippen LogP contribution in [0, 0.1) is 0 Å². The lowest BCUT2D eigenvalue weighted by Gasteiger charge is -2.15. The molecule has 0 aliphatic rings. The van der Waals surface area contributed by atoms with E-state index in [1.54, 1.807) is 19.2 Å². The minimum Gasteiger partial charge on any atom is -0.395 e. The van der Waals surface area contributed by atoms with Gasteiger partial charge in [0, 0.05) is 25.2 Å². The van der Waals surface area contributed by atoms with Crippen molar-refractivity contribution in [2.75, 3.05) is 20.2 Å². The number of para-hydroxylation sites is 1. The number of hydrogen-bond donors (Lipinski definition) is 1. The molecule has 4 nitrogen and oxygen atoms in total. The fraction of sp³-hybridized carbons (Fsp3) is 0.231. The standard InChI is InChI=1S/C13H13ClN2O2/c1-16(5-6-17)13(18)10-7-9-3-2-4-11(14)12(9)15-8-10/h2-4,7-8,17H,5-6H2,1H3. The predicted octanol–water partition coefficient (Wildman–Crippen LogP) is 1.95. The second kappa shape index (κ2) is 5.33. The van der Waals surface area contributed by atoms with Crippen LogP contribution in [0.5, 0.6) is 0 Å². The molecule has 18 heavy (non-hydrogen) atoms. The number of aliphatic hydroxyl groups excluding tert-OH is 1. The maximum atomic E-state index is 12.0. The molecule has 0 radical (unpaired) electrons. The molecule has 0 saturated carbocycles. The Kier molecular flexibility index (Phi) is 3.79. The smallest absolute Gasteiger partial charge is 0.255 e. The number of pyridine rings is 1. The van der Waals surface area contributed by atoms with Crippen LogP contribution in [0.4, 0.5) is 0 Å². The van der Waals surface area contributed by atoms with Gasteiger partial charge < -0.3 is 10.0 Å². The molecule has 0 saturated heterocycles. The van der Waals surface area contributed by atoms with Crippen molar-refractivity contribution < 1.29 is 9.90 Å². The van der Waals surface area contributed by atoms with Crippen molar-refractivity contribution in [3.05, 3.63) is 41.0 Å². The van der Waals surface area contributed by atoms with E-state index < -0.39 is 0 Å². The molecule has 0 bridgehead atoms. The van der Waals surface area contributed by atoms with E-state index in [9.17, 15) is 4.79 Å². The Labute approximate surface area is 110 Å². The summed E-state index contributed by atoms with van der Waals surface area (Å²) in [7, 11) is 1.64. The summed E-state index contributed by atoms with van der Waals surface area (Å²) < 4.78 is 0. The number of nitrogens with zero attached hydrogens (tertiary/aromatic N) is 2.